The van der Waals surface area contributed by atoms with Crippen LogP contribution in [-0.2, 0) is 0 Å². The van der Waals surface area contributed by atoms with Gasteiger partial charge in [-0.2, -0.15) is 5.10 Å². The van der Waals surface area contributed by atoms with Gasteiger partial charge < -0.3 is 5.32 Å². The second kappa shape index (κ2) is 4.39. The molecule has 0 amide bonds. The molecule has 0 spiro atoms. The zero-order chi connectivity index (χ0) is 12.4. The molecule has 0 saturated heterocycles. The van der Waals surface area contributed by atoms with Crippen LogP contribution >= 0.6 is 11.6 Å². The number of nitrogens with zero attached hydrogens (tertiary/aromatic N) is 3. The van der Waals surface area contributed by atoms with Gasteiger partial charge in [0.25, 0.3) is 0 Å². The van der Waals surface area contributed by atoms with Gasteiger partial charge in [0.05, 0.1) is 6.57 Å². The highest BCUT2D eigenvalue weighted by Crippen LogP contribution is 2.28. The van der Waals surface area contributed by atoms with Crippen LogP contribution < -0.4 is 5.32 Å². The lowest BCUT2D eigenvalue weighted by Gasteiger charge is -2.04. The number of anilines is 2. The lowest BCUT2D eigenvalue weighted by molar-refractivity contribution is 0.627. The minimum Gasteiger partial charge on any atom is -0.321 e. The molecule has 0 aliphatic rings. The van der Waals surface area contributed by atoms with Gasteiger partial charge in [-0.1, -0.05) is 11.6 Å². The summed E-state index contributed by atoms with van der Waals surface area (Å²) in [6.45, 7) is 8.59. The molecule has 2 N–H and O–H groups in total. The maximum absolute atomic E-state index is 13.5. The highest BCUT2D eigenvalue weighted by Gasteiger charge is 2.11. The van der Waals surface area contributed by atoms with E-state index in [1.165, 1.54) is 0 Å². The molecule has 0 aliphatic heterocycles. The molecule has 0 aliphatic carbocycles. The Labute approximate surface area is 101 Å². The van der Waals surface area contributed by atoms with E-state index in [1.54, 1.807) is 6.07 Å². The first-order valence-electron chi connectivity index (χ1n) is 4.62. The molecule has 17 heavy (non-hydrogen) atoms. The van der Waals surface area contributed by atoms with Gasteiger partial charge in [-0.25, -0.2) is 14.2 Å². The normalized spacial score (nSPS) is 10.0. The van der Waals surface area contributed by atoms with Crippen LogP contribution in [0.4, 0.5) is 21.7 Å². The predicted octanol–water partition coefficient (Wildman–Crippen LogP) is 3.20. The van der Waals surface area contributed by atoms with Crippen LogP contribution in [0.1, 0.15) is 5.69 Å². The zero-order valence-corrected chi connectivity index (χ0v) is 9.51. The molecule has 0 atom stereocenters. The molecule has 0 unspecified atom stereocenters. The highest BCUT2D eigenvalue weighted by molar-refractivity contribution is 6.32. The number of pyridine rings is 1. The van der Waals surface area contributed by atoms with Gasteiger partial charge in [0, 0.05) is 11.8 Å². The van der Waals surface area contributed by atoms with Crippen LogP contribution in [0, 0.1) is 19.3 Å². The van der Waals surface area contributed by atoms with Crippen LogP contribution in [0.5, 0.6) is 0 Å². The number of halogens is 2. The van der Waals surface area contributed by atoms with Crippen molar-refractivity contribution < 1.29 is 4.39 Å². The van der Waals surface area contributed by atoms with Gasteiger partial charge >= 0.3 is 0 Å². The largest absolute Gasteiger partial charge is 0.321 e. The fraction of sp³-hybridized carbons (Fsp3) is 0.100. The summed E-state index contributed by atoms with van der Waals surface area (Å²) < 4.78 is 13.5. The number of hydrogen-bond donors (Lipinski definition) is 2. The number of aryl methyl sites for hydroxylation is 1. The van der Waals surface area contributed by atoms with E-state index in [1.807, 2.05) is 6.92 Å². The fourth-order valence-corrected chi connectivity index (χ4v) is 1.41. The molecule has 0 bridgehead atoms. The average Bonchev–Trinajstić information content (AvgIpc) is 2.69. The molecular weight excluding hydrogens is 245 g/mol. The maximum Gasteiger partial charge on any atom is 0.226 e. The van der Waals surface area contributed by atoms with Crippen molar-refractivity contribution in [2.45, 2.75) is 6.92 Å². The number of rotatable bonds is 2. The van der Waals surface area contributed by atoms with E-state index in [4.69, 9.17) is 18.2 Å². The van der Waals surface area contributed by atoms with Crippen LogP contribution in [0.25, 0.3) is 4.85 Å². The summed E-state index contributed by atoms with van der Waals surface area (Å²) in [5.74, 6) is -0.282. The third-order valence-electron chi connectivity index (χ3n) is 1.98. The van der Waals surface area contributed by atoms with Crippen molar-refractivity contribution in [1.29, 1.82) is 0 Å². The Kier molecular flexibility index (Phi) is 2.93. The number of hydrogen-bond acceptors (Lipinski definition) is 3. The van der Waals surface area contributed by atoms with Gasteiger partial charge in [0.2, 0.25) is 5.69 Å². The van der Waals surface area contributed by atoms with Gasteiger partial charge in [0.1, 0.15) is 5.15 Å². The molecule has 0 radical (unpaired) electrons. The van der Waals surface area contributed by atoms with Crippen molar-refractivity contribution in [1.82, 2.24) is 15.2 Å². The summed E-state index contributed by atoms with van der Waals surface area (Å²) >= 11 is 5.71. The van der Waals surface area contributed by atoms with Gasteiger partial charge in [-0.3, -0.25) is 5.10 Å². The lowest BCUT2D eigenvalue weighted by atomic mass is 10.4. The molecule has 2 rings (SSSR count). The average molecular weight is 252 g/mol. The maximum atomic E-state index is 13.5. The Morgan fingerprint density at radius 2 is 2.29 bits per heavy atom. The zero-order valence-electron chi connectivity index (χ0n) is 8.75. The quantitative estimate of drug-likeness (QED) is 0.637. The molecule has 2 aromatic rings. The van der Waals surface area contributed by atoms with Gasteiger partial charge in [0.15, 0.2) is 17.5 Å². The number of aromatic nitrogens is 3. The van der Waals surface area contributed by atoms with Crippen molar-refractivity contribution in [2.24, 2.45) is 0 Å². The van der Waals surface area contributed by atoms with Crippen molar-refractivity contribution in [2.75, 3.05) is 5.32 Å². The third-order valence-corrected chi connectivity index (χ3v) is 2.26. The van der Waals surface area contributed by atoms with E-state index < -0.39 is 5.82 Å². The minimum atomic E-state index is -0.652. The predicted molar refractivity (Wildman–Crippen MR) is 62.1 cm³/mol. The van der Waals surface area contributed by atoms with Crippen LogP contribution in [0.15, 0.2) is 12.1 Å². The van der Waals surface area contributed by atoms with Crippen molar-refractivity contribution in [3.63, 3.8) is 0 Å². The van der Waals surface area contributed by atoms with E-state index >= 15 is 0 Å². The summed E-state index contributed by atoms with van der Waals surface area (Å²) in [7, 11) is 0. The standard InChI is InChI=1S/C10H7ClFN5/c1-5-3-8(17-16-5)14-10-6(12)4-7(13-2)9(11)15-10/h3-4H,1H3,(H2,14,15,16,17). The molecule has 2 aromatic heterocycles. The van der Waals surface area contributed by atoms with Crippen LogP contribution in [0.2, 0.25) is 5.15 Å². The monoisotopic (exact) mass is 251 g/mol. The Balaban J connectivity index is 2.34. The molecule has 0 saturated carbocycles. The number of aromatic amines is 1. The fourth-order valence-electron chi connectivity index (χ4n) is 1.23. The summed E-state index contributed by atoms with van der Waals surface area (Å²) in [6, 6.07) is 2.72. The number of H-pyrrole nitrogens is 1. The van der Waals surface area contributed by atoms with Crippen LogP contribution in [0.3, 0.4) is 0 Å². The summed E-state index contributed by atoms with van der Waals surface area (Å²) in [5, 5.41) is 9.20. The summed E-state index contributed by atoms with van der Waals surface area (Å²) in [5.41, 5.74) is 0.810. The van der Waals surface area contributed by atoms with Crippen molar-refractivity contribution >= 4 is 28.9 Å². The SMILES string of the molecule is [C-]#[N+]c1cc(F)c(Nc2cc(C)[nH]n2)nc1Cl. The first-order valence-corrected chi connectivity index (χ1v) is 5.00. The van der Waals surface area contributed by atoms with E-state index in [9.17, 15) is 4.39 Å². The molecule has 7 heteroatoms. The summed E-state index contributed by atoms with van der Waals surface area (Å²) in [4.78, 5) is 6.81. The Morgan fingerprint density at radius 3 is 2.88 bits per heavy atom. The summed E-state index contributed by atoms with van der Waals surface area (Å²) in [6.07, 6.45) is 0. The molecule has 5 nitrogen and oxygen atoms in total. The van der Waals surface area contributed by atoms with E-state index in [0.717, 1.165) is 11.8 Å². The molecule has 0 aromatic carbocycles. The van der Waals surface area contributed by atoms with Gasteiger partial charge in [-0.05, 0) is 13.0 Å². The highest BCUT2D eigenvalue weighted by atomic mass is 35.5. The second-order valence-corrected chi connectivity index (χ2v) is 3.66. The van der Waals surface area contributed by atoms with E-state index in [0.29, 0.717) is 5.82 Å². The molecule has 86 valence electrons. The molecule has 2 heterocycles. The van der Waals surface area contributed by atoms with E-state index in [2.05, 4.69) is 25.3 Å². The third kappa shape index (κ3) is 2.34. The Bertz CT molecular complexity index is 601. The smallest absolute Gasteiger partial charge is 0.226 e. The van der Waals surface area contributed by atoms with Crippen LogP contribution in [-0.4, -0.2) is 15.2 Å². The topological polar surface area (TPSA) is 58.0 Å². The molecular formula is C10H7ClFN5. The lowest BCUT2D eigenvalue weighted by Crippen LogP contribution is -1.97. The van der Waals surface area contributed by atoms with Crippen molar-refractivity contribution in [3.05, 3.63) is 40.2 Å². The van der Waals surface area contributed by atoms with Gasteiger partial charge in [-0.15, -0.1) is 0 Å². The number of nitrogens with one attached hydrogen (secondary N) is 2. The minimum absolute atomic E-state index is 0.0204. The van der Waals surface area contributed by atoms with E-state index in [-0.39, 0.29) is 16.7 Å². The second-order valence-electron chi connectivity index (χ2n) is 3.30. The first kappa shape index (κ1) is 11.4. The molecule has 0 fully saturated rings. The Hall–Kier alpha value is -2.13. The first-order chi connectivity index (χ1) is 8.10. The Morgan fingerprint density at radius 1 is 1.53 bits per heavy atom. The van der Waals surface area contributed by atoms with Crippen molar-refractivity contribution in [3.8, 4) is 0 Å².